The molecule has 2 aromatic rings. The molecule has 4 amide bonds. The Hall–Kier alpha value is -3.93. The second-order valence-corrected chi connectivity index (χ2v) is 10.9. The molecular weight excluding hydrogens is 675 g/mol. The van der Waals surface area contributed by atoms with Crippen LogP contribution in [0.2, 0.25) is 0 Å². The van der Waals surface area contributed by atoms with Gasteiger partial charge in [-0.1, -0.05) is 26.7 Å². The molecule has 0 saturated carbocycles. The lowest BCUT2D eigenvalue weighted by molar-refractivity contribution is -0.441. The van der Waals surface area contributed by atoms with Gasteiger partial charge in [0.2, 0.25) is 0 Å². The van der Waals surface area contributed by atoms with Crippen molar-refractivity contribution in [3.05, 3.63) is 46.0 Å². The molecule has 0 spiro atoms. The molecule has 0 aliphatic carbocycles. The number of unbranched alkanes of at least 4 members (excludes halogenated alkanes) is 2. The van der Waals surface area contributed by atoms with Crippen LogP contribution in [0, 0.1) is 0 Å². The first-order chi connectivity index (χ1) is 21.4. The highest BCUT2D eigenvalue weighted by Crippen LogP contribution is 2.63. The third kappa shape index (κ3) is 4.69. The highest BCUT2D eigenvalue weighted by Gasteiger charge is 2.91. The molecule has 0 bridgehead atoms. The largest absolute Gasteiger partial charge is 0.460 e. The second-order valence-electron chi connectivity index (χ2n) is 10.9. The van der Waals surface area contributed by atoms with Gasteiger partial charge in [-0.05, 0) is 31.0 Å². The van der Waals surface area contributed by atoms with Gasteiger partial charge in [-0.3, -0.25) is 29.0 Å². The maximum Gasteiger partial charge on any atom is 0.460 e. The van der Waals surface area contributed by atoms with Crippen LogP contribution in [0.3, 0.4) is 0 Å². The number of imide groups is 2. The van der Waals surface area contributed by atoms with Gasteiger partial charge < -0.3 is 0 Å². The predicted molar refractivity (Wildman–Crippen MR) is 134 cm³/mol. The summed E-state index contributed by atoms with van der Waals surface area (Å²) in [5.74, 6) is -45.0. The first-order valence-corrected chi connectivity index (χ1v) is 13.7. The Balaban J connectivity index is 2.11. The van der Waals surface area contributed by atoms with E-state index in [-0.39, 0.29) is 30.2 Å². The maximum absolute atomic E-state index is 15.8. The zero-order valence-corrected chi connectivity index (χ0v) is 23.9. The van der Waals surface area contributed by atoms with Crippen molar-refractivity contribution in [2.24, 2.45) is 0 Å². The molecule has 0 saturated heterocycles. The van der Waals surface area contributed by atoms with Gasteiger partial charge in [0.05, 0.1) is 5.56 Å². The number of carbonyl (C=O) groups excluding carboxylic acids is 4. The van der Waals surface area contributed by atoms with Crippen LogP contribution >= 0.6 is 0 Å². The number of halogens is 13. The van der Waals surface area contributed by atoms with Crippen molar-refractivity contribution in [2.45, 2.75) is 75.3 Å². The first-order valence-electron chi connectivity index (χ1n) is 13.7. The van der Waals surface area contributed by atoms with E-state index in [9.17, 15) is 58.7 Å². The summed E-state index contributed by atoms with van der Waals surface area (Å²) in [7, 11) is 0. The van der Waals surface area contributed by atoms with E-state index in [4.69, 9.17) is 0 Å². The van der Waals surface area contributed by atoms with Crippen LogP contribution < -0.4 is 0 Å². The van der Waals surface area contributed by atoms with Crippen LogP contribution in [0.4, 0.5) is 57.1 Å². The summed E-state index contributed by atoms with van der Waals surface area (Å²) >= 11 is 0. The van der Waals surface area contributed by atoms with E-state index >= 15 is 17.6 Å². The lowest BCUT2D eigenvalue weighted by atomic mass is 9.80. The van der Waals surface area contributed by atoms with Crippen molar-refractivity contribution in [1.29, 1.82) is 0 Å². The van der Waals surface area contributed by atoms with E-state index in [0.717, 1.165) is 12.1 Å². The molecule has 2 aliphatic heterocycles. The second kappa shape index (κ2) is 11.1. The van der Waals surface area contributed by atoms with Gasteiger partial charge in [0, 0.05) is 46.1 Å². The van der Waals surface area contributed by atoms with E-state index in [1.807, 2.05) is 0 Å². The van der Waals surface area contributed by atoms with Crippen molar-refractivity contribution < 1.29 is 76.3 Å². The van der Waals surface area contributed by atoms with Crippen molar-refractivity contribution in [3.8, 4) is 0 Å². The van der Waals surface area contributed by atoms with Gasteiger partial charge in [0.25, 0.3) is 23.6 Å². The summed E-state index contributed by atoms with van der Waals surface area (Å²) in [5.41, 5.74) is -6.92. The average molecular weight is 696 g/mol. The average Bonchev–Trinajstić information content (AvgIpc) is 2.97. The van der Waals surface area contributed by atoms with Crippen molar-refractivity contribution in [2.75, 3.05) is 13.1 Å². The van der Waals surface area contributed by atoms with Gasteiger partial charge in [-0.25, -0.2) is 0 Å². The molecule has 258 valence electrons. The summed E-state index contributed by atoms with van der Waals surface area (Å²) in [6, 6.07) is 1.40. The molecule has 0 fully saturated rings. The number of carbonyl (C=O) groups is 4. The molecule has 47 heavy (non-hydrogen) atoms. The number of rotatable bonds is 11. The summed E-state index contributed by atoms with van der Waals surface area (Å²) in [4.78, 5) is 53.9. The van der Waals surface area contributed by atoms with E-state index < -0.39 is 111 Å². The molecule has 19 heteroatoms. The van der Waals surface area contributed by atoms with Gasteiger partial charge in [-0.15, -0.1) is 0 Å². The quantitative estimate of drug-likeness (QED) is 0.177. The molecule has 0 N–H and O–H groups in total. The summed E-state index contributed by atoms with van der Waals surface area (Å²) in [5, 5.41) is -1.85. The Kier molecular flexibility index (Phi) is 8.46. The third-order valence-electron chi connectivity index (χ3n) is 7.91. The topological polar surface area (TPSA) is 74.8 Å². The van der Waals surface area contributed by atoms with Crippen LogP contribution in [-0.4, -0.2) is 76.4 Å². The maximum atomic E-state index is 15.8. The van der Waals surface area contributed by atoms with Gasteiger partial charge >= 0.3 is 35.8 Å². The molecule has 2 aromatic carbocycles. The molecule has 2 aliphatic rings. The SMILES string of the molecule is CCCCN1C(=O)c2ccc3c4c(c(C(F)(F)C(F)(F)C(F)(F)C(F)(F)C(F)(F)C(F)(F)F)cc(c24)C1=O)C(=O)N(CCCC)C3=O. The molecule has 0 aromatic heterocycles. The molecular formula is C28H21F13N2O4. The number of alkyl halides is 13. The minimum atomic E-state index is -8.21. The van der Waals surface area contributed by atoms with Crippen LogP contribution in [0.1, 0.15) is 86.5 Å². The highest BCUT2D eigenvalue weighted by atomic mass is 19.4. The molecule has 2 heterocycles. The molecule has 0 unspecified atom stereocenters. The van der Waals surface area contributed by atoms with Crippen molar-refractivity contribution in [3.63, 3.8) is 0 Å². The molecule has 4 rings (SSSR count). The third-order valence-corrected chi connectivity index (χ3v) is 7.91. The van der Waals surface area contributed by atoms with Crippen LogP contribution in [-0.2, 0) is 5.92 Å². The Bertz CT molecular complexity index is 1680. The lowest BCUT2D eigenvalue weighted by Gasteiger charge is -2.41. The Labute approximate surface area is 255 Å². The number of benzene rings is 2. The minimum absolute atomic E-state index is 0.0474. The normalized spacial score (nSPS) is 16.6. The fraction of sp³-hybridized carbons (Fsp3) is 0.500. The smallest absolute Gasteiger partial charge is 0.274 e. The lowest BCUT2D eigenvalue weighted by Crippen LogP contribution is -2.69. The van der Waals surface area contributed by atoms with Crippen LogP contribution in [0.25, 0.3) is 10.8 Å². The van der Waals surface area contributed by atoms with Crippen molar-refractivity contribution >= 4 is 34.4 Å². The highest BCUT2D eigenvalue weighted by molar-refractivity contribution is 6.33. The number of amides is 4. The van der Waals surface area contributed by atoms with Crippen LogP contribution in [0.15, 0.2) is 18.2 Å². The Morgan fingerprint density at radius 1 is 0.532 bits per heavy atom. The Morgan fingerprint density at radius 3 is 1.38 bits per heavy atom. The monoisotopic (exact) mass is 696 g/mol. The van der Waals surface area contributed by atoms with Gasteiger partial charge in [-0.2, -0.15) is 57.1 Å². The zero-order valence-electron chi connectivity index (χ0n) is 23.9. The zero-order chi connectivity index (χ0) is 35.9. The predicted octanol–water partition coefficient (Wildman–Crippen LogP) is 7.83. The summed E-state index contributed by atoms with van der Waals surface area (Å²) in [6.45, 7) is 2.10. The molecule has 6 nitrogen and oxygen atoms in total. The summed E-state index contributed by atoms with van der Waals surface area (Å²) in [6.07, 6.45) is -7.04. The summed E-state index contributed by atoms with van der Waals surface area (Å²) < 4.78 is 184. The van der Waals surface area contributed by atoms with E-state index in [1.54, 1.807) is 6.92 Å². The number of hydrogen-bond acceptors (Lipinski definition) is 4. The van der Waals surface area contributed by atoms with Crippen LogP contribution in [0.5, 0.6) is 0 Å². The fourth-order valence-electron chi connectivity index (χ4n) is 5.29. The Morgan fingerprint density at radius 2 is 0.936 bits per heavy atom. The van der Waals surface area contributed by atoms with Gasteiger partial charge in [0.1, 0.15) is 0 Å². The number of hydrogen-bond donors (Lipinski definition) is 0. The van der Waals surface area contributed by atoms with Crippen molar-refractivity contribution in [1.82, 2.24) is 9.80 Å². The fourth-order valence-corrected chi connectivity index (χ4v) is 5.29. The standard InChI is InChI=1S/C28H21F13N2O4/c1-3-5-9-42-19(44)12-7-8-13-17-16(12)14(21(42)46)11-15(18(17)22(47)43(20(13)45)10-6-4-2)23(29,30)24(31,32)25(33,34)26(35,36)27(37,38)28(39,40)41/h7-8,11H,3-6,9-10H2,1-2H3. The van der Waals surface area contributed by atoms with E-state index in [0.29, 0.717) is 11.3 Å². The number of nitrogens with zero attached hydrogens (tertiary/aromatic N) is 2. The van der Waals surface area contributed by atoms with E-state index in [1.165, 1.54) is 6.92 Å². The molecule has 0 radical (unpaired) electrons. The minimum Gasteiger partial charge on any atom is -0.274 e. The van der Waals surface area contributed by atoms with E-state index in [2.05, 4.69) is 0 Å². The van der Waals surface area contributed by atoms with Gasteiger partial charge in [0.15, 0.2) is 0 Å². The molecule has 0 atom stereocenters. The first kappa shape index (κ1) is 35.9.